The van der Waals surface area contributed by atoms with Gasteiger partial charge in [0.1, 0.15) is 5.69 Å². The van der Waals surface area contributed by atoms with Gasteiger partial charge in [-0.2, -0.15) is 14.1 Å². The first-order valence-corrected chi connectivity index (χ1v) is 13.6. The standard InChI is InChI=1S/C24H34N4O4S/c1-2-3-4-5-9-18-32-23-22(19-25-28(24(23)29)20-10-7-6-8-11-20)26-14-16-27(17-15-26)33(30,31)21-12-13-21/h6-8,10-11,19,21H,2-5,9,12-18H2,1H3. The molecule has 4 rings (SSSR count). The van der Waals surface area contributed by atoms with Crippen LogP contribution >= 0.6 is 0 Å². The van der Waals surface area contributed by atoms with Crippen LogP contribution in [0.5, 0.6) is 5.75 Å². The molecule has 1 aliphatic heterocycles. The van der Waals surface area contributed by atoms with Crippen molar-refractivity contribution in [2.75, 3.05) is 37.7 Å². The van der Waals surface area contributed by atoms with Crippen LogP contribution in [0.4, 0.5) is 5.69 Å². The number of unbranched alkanes of at least 4 members (excludes halogenated alkanes) is 4. The number of hydrogen-bond acceptors (Lipinski definition) is 6. The lowest BCUT2D eigenvalue weighted by Crippen LogP contribution is -2.50. The number of aromatic nitrogens is 2. The third-order valence-corrected chi connectivity index (χ3v) is 8.69. The summed E-state index contributed by atoms with van der Waals surface area (Å²) in [6.07, 6.45) is 8.70. The number of anilines is 1. The van der Waals surface area contributed by atoms with Gasteiger partial charge >= 0.3 is 5.56 Å². The molecule has 8 nitrogen and oxygen atoms in total. The molecule has 1 saturated carbocycles. The molecule has 1 aliphatic carbocycles. The molecule has 0 unspecified atom stereocenters. The first kappa shape index (κ1) is 23.8. The molecule has 2 aromatic rings. The number of hydrogen-bond donors (Lipinski definition) is 0. The quantitative estimate of drug-likeness (QED) is 0.465. The number of para-hydroxylation sites is 1. The van der Waals surface area contributed by atoms with E-state index in [1.54, 1.807) is 10.5 Å². The summed E-state index contributed by atoms with van der Waals surface area (Å²) in [6.45, 7) is 4.50. The van der Waals surface area contributed by atoms with Crippen molar-refractivity contribution in [3.05, 3.63) is 46.9 Å². The Morgan fingerprint density at radius 3 is 2.36 bits per heavy atom. The molecule has 0 N–H and O–H groups in total. The normalized spacial score (nSPS) is 17.3. The van der Waals surface area contributed by atoms with Crippen molar-refractivity contribution >= 4 is 15.7 Å². The zero-order valence-corrected chi connectivity index (χ0v) is 20.2. The highest BCUT2D eigenvalue weighted by atomic mass is 32.2. The van der Waals surface area contributed by atoms with Crippen LogP contribution in [-0.2, 0) is 10.0 Å². The van der Waals surface area contributed by atoms with Crippen LogP contribution < -0.4 is 15.2 Å². The molecular formula is C24H34N4O4S. The van der Waals surface area contributed by atoms with Crippen molar-refractivity contribution in [2.45, 2.75) is 57.1 Å². The second-order valence-electron chi connectivity index (χ2n) is 8.80. The molecule has 180 valence electrons. The Morgan fingerprint density at radius 1 is 1.00 bits per heavy atom. The molecule has 2 fully saturated rings. The first-order chi connectivity index (χ1) is 16.0. The van der Waals surface area contributed by atoms with Crippen LogP contribution in [0.25, 0.3) is 5.69 Å². The van der Waals surface area contributed by atoms with Gasteiger partial charge in [0.05, 0.1) is 23.7 Å². The molecular weight excluding hydrogens is 440 g/mol. The summed E-state index contributed by atoms with van der Waals surface area (Å²) in [5.41, 5.74) is 1.03. The van der Waals surface area contributed by atoms with E-state index in [0.717, 1.165) is 32.1 Å². The number of nitrogens with zero attached hydrogens (tertiary/aromatic N) is 4. The molecule has 1 aromatic carbocycles. The SMILES string of the molecule is CCCCCCCOc1c(N2CCN(S(=O)(=O)C3CC3)CC2)cnn(-c2ccccc2)c1=O. The highest BCUT2D eigenvalue weighted by molar-refractivity contribution is 7.90. The van der Waals surface area contributed by atoms with Gasteiger partial charge in [0.15, 0.2) is 0 Å². The minimum atomic E-state index is -3.19. The van der Waals surface area contributed by atoms with E-state index < -0.39 is 10.0 Å². The highest BCUT2D eigenvalue weighted by Crippen LogP contribution is 2.32. The van der Waals surface area contributed by atoms with E-state index in [9.17, 15) is 13.2 Å². The largest absolute Gasteiger partial charge is 0.486 e. The molecule has 0 atom stereocenters. The first-order valence-electron chi connectivity index (χ1n) is 12.1. The predicted octanol–water partition coefficient (Wildman–Crippen LogP) is 3.20. The van der Waals surface area contributed by atoms with E-state index in [-0.39, 0.29) is 10.8 Å². The van der Waals surface area contributed by atoms with Crippen molar-refractivity contribution in [2.24, 2.45) is 0 Å². The number of sulfonamides is 1. The fourth-order valence-electron chi connectivity index (χ4n) is 4.18. The third kappa shape index (κ3) is 5.58. The van der Waals surface area contributed by atoms with Gasteiger partial charge < -0.3 is 9.64 Å². The van der Waals surface area contributed by atoms with Gasteiger partial charge in [-0.15, -0.1) is 0 Å². The molecule has 1 aromatic heterocycles. The lowest BCUT2D eigenvalue weighted by Gasteiger charge is -2.35. The lowest BCUT2D eigenvalue weighted by atomic mass is 10.2. The van der Waals surface area contributed by atoms with E-state index in [1.807, 2.05) is 35.2 Å². The van der Waals surface area contributed by atoms with Crippen molar-refractivity contribution in [1.29, 1.82) is 0 Å². The van der Waals surface area contributed by atoms with E-state index in [4.69, 9.17) is 4.74 Å². The molecule has 2 aliphatic rings. The van der Waals surface area contributed by atoms with Crippen LogP contribution in [0.1, 0.15) is 51.9 Å². The molecule has 9 heteroatoms. The Balaban J connectivity index is 1.52. The lowest BCUT2D eigenvalue weighted by molar-refractivity contribution is 0.297. The van der Waals surface area contributed by atoms with Gasteiger partial charge in [0.2, 0.25) is 15.8 Å². The Morgan fingerprint density at radius 2 is 1.70 bits per heavy atom. The molecule has 2 heterocycles. The van der Waals surface area contributed by atoms with Crippen LogP contribution in [0.15, 0.2) is 41.3 Å². The molecule has 0 radical (unpaired) electrons. The predicted molar refractivity (Wildman–Crippen MR) is 130 cm³/mol. The van der Waals surface area contributed by atoms with E-state index >= 15 is 0 Å². The summed E-state index contributed by atoms with van der Waals surface area (Å²) in [4.78, 5) is 15.4. The smallest absolute Gasteiger partial charge is 0.316 e. The number of benzene rings is 1. The van der Waals surface area contributed by atoms with Crippen LogP contribution in [0.2, 0.25) is 0 Å². The second-order valence-corrected chi connectivity index (χ2v) is 11.0. The zero-order chi connectivity index (χ0) is 23.3. The highest BCUT2D eigenvalue weighted by Gasteiger charge is 2.41. The van der Waals surface area contributed by atoms with Crippen LogP contribution in [0.3, 0.4) is 0 Å². The maximum absolute atomic E-state index is 13.4. The summed E-state index contributed by atoms with van der Waals surface area (Å²) < 4.78 is 34.2. The van der Waals surface area contributed by atoms with Crippen molar-refractivity contribution in [3.8, 4) is 11.4 Å². The summed E-state index contributed by atoms with van der Waals surface area (Å²) in [6, 6.07) is 9.30. The Kier molecular flexibility index (Phi) is 7.70. The molecule has 33 heavy (non-hydrogen) atoms. The summed E-state index contributed by atoms with van der Waals surface area (Å²) in [5.74, 6) is 0.294. The van der Waals surface area contributed by atoms with E-state index in [2.05, 4.69) is 12.0 Å². The van der Waals surface area contributed by atoms with E-state index in [1.165, 1.54) is 17.5 Å². The van der Waals surface area contributed by atoms with Crippen molar-refractivity contribution in [3.63, 3.8) is 0 Å². The van der Waals surface area contributed by atoms with Crippen molar-refractivity contribution in [1.82, 2.24) is 14.1 Å². The van der Waals surface area contributed by atoms with Gasteiger partial charge in [-0.25, -0.2) is 8.42 Å². The second kappa shape index (κ2) is 10.7. The van der Waals surface area contributed by atoms with Crippen LogP contribution in [-0.4, -0.2) is 60.5 Å². The van der Waals surface area contributed by atoms with Crippen LogP contribution in [0, 0.1) is 0 Å². The minimum absolute atomic E-state index is 0.202. The van der Waals surface area contributed by atoms with Gasteiger partial charge in [-0.1, -0.05) is 50.8 Å². The van der Waals surface area contributed by atoms with E-state index in [0.29, 0.717) is 49.9 Å². The topological polar surface area (TPSA) is 84.7 Å². The third-order valence-electron chi connectivity index (χ3n) is 6.29. The van der Waals surface area contributed by atoms with Crippen molar-refractivity contribution < 1.29 is 13.2 Å². The van der Waals surface area contributed by atoms with Gasteiger partial charge in [-0.3, -0.25) is 4.79 Å². The van der Waals surface area contributed by atoms with Gasteiger partial charge in [-0.05, 0) is 31.4 Å². The molecule has 0 amide bonds. The summed E-state index contributed by atoms with van der Waals surface area (Å²) in [7, 11) is -3.19. The molecule has 1 saturated heterocycles. The fraction of sp³-hybridized carbons (Fsp3) is 0.583. The zero-order valence-electron chi connectivity index (χ0n) is 19.4. The fourth-order valence-corrected chi connectivity index (χ4v) is 6.01. The number of rotatable bonds is 11. The minimum Gasteiger partial charge on any atom is -0.486 e. The average Bonchev–Trinajstić information content (AvgIpc) is 3.69. The summed E-state index contributed by atoms with van der Waals surface area (Å²) in [5, 5.41) is 4.21. The maximum atomic E-state index is 13.4. The Hall–Kier alpha value is -2.39. The summed E-state index contributed by atoms with van der Waals surface area (Å²) >= 11 is 0. The Labute approximate surface area is 196 Å². The molecule has 0 spiro atoms. The van der Waals surface area contributed by atoms with Gasteiger partial charge in [0.25, 0.3) is 0 Å². The average molecular weight is 475 g/mol. The maximum Gasteiger partial charge on any atom is 0.316 e. The Bertz CT molecular complexity index is 1080. The number of piperazine rings is 1. The van der Waals surface area contributed by atoms with Gasteiger partial charge in [0, 0.05) is 26.2 Å². The number of ether oxygens (including phenoxy) is 1. The molecule has 0 bridgehead atoms. The monoisotopic (exact) mass is 474 g/mol.